The first-order valence-electron chi connectivity index (χ1n) is 9.05. The molecule has 1 aromatic carbocycles. The van der Waals surface area contributed by atoms with Crippen molar-refractivity contribution in [2.75, 3.05) is 12.4 Å². The van der Waals surface area contributed by atoms with Gasteiger partial charge in [-0.1, -0.05) is 19.9 Å². The zero-order chi connectivity index (χ0) is 18.1. The molecule has 1 aromatic heterocycles. The molecule has 0 fully saturated rings. The Morgan fingerprint density at radius 3 is 2.60 bits per heavy atom. The molecule has 2 rings (SSSR count). The molecular formula is C21H29NO2S. The van der Waals surface area contributed by atoms with Gasteiger partial charge >= 0.3 is 0 Å². The van der Waals surface area contributed by atoms with Crippen molar-refractivity contribution in [3.63, 3.8) is 0 Å². The molecule has 0 aliphatic heterocycles. The minimum atomic E-state index is 0.395. The number of aromatic hydroxyl groups is 1. The van der Waals surface area contributed by atoms with Gasteiger partial charge in [-0.2, -0.15) is 0 Å². The number of thioether (sulfide) groups is 1. The molecule has 0 spiro atoms. The molecule has 0 amide bonds. The lowest BCUT2D eigenvalue weighted by Gasteiger charge is -2.14. The van der Waals surface area contributed by atoms with Crippen LogP contribution < -0.4 is 4.74 Å². The predicted octanol–water partition coefficient (Wildman–Crippen LogP) is 5.64. The lowest BCUT2D eigenvalue weighted by atomic mass is 10.00. The van der Waals surface area contributed by atoms with E-state index in [-0.39, 0.29) is 0 Å². The monoisotopic (exact) mass is 359 g/mol. The van der Waals surface area contributed by atoms with Gasteiger partial charge in [0.25, 0.3) is 0 Å². The highest BCUT2D eigenvalue weighted by Crippen LogP contribution is 2.32. The fourth-order valence-corrected chi connectivity index (χ4v) is 3.45. The maximum Gasteiger partial charge on any atom is 0.125 e. The largest absolute Gasteiger partial charge is 0.507 e. The number of hydrogen-bond acceptors (Lipinski definition) is 4. The summed E-state index contributed by atoms with van der Waals surface area (Å²) in [5, 5.41) is 10.4. The van der Waals surface area contributed by atoms with Gasteiger partial charge in [0.2, 0.25) is 0 Å². The molecule has 1 N–H and O–H groups in total. The van der Waals surface area contributed by atoms with E-state index >= 15 is 0 Å². The average molecular weight is 360 g/mol. The Balaban J connectivity index is 1.72. The second-order valence-electron chi connectivity index (χ2n) is 6.72. The summed E-state index contributed by atoms with van der Waals surface area (Å²) >= 11 is 1.85. The predicted molar refractivity (Wildman–Crippen MR) is 106 cm³/mol. The summed E-state index contributed by atoms with van der Waals surface area (Å²) in [5.74, 6) is 2.91. The van der Waals surface area contributed by atoms with Crippen LogP contribution in [-0.4, -0.2) is 22.5 Å². The highest BCUT2D eigenvalue weighted by Gasteiger charge is 2.10. The zero-order valence-electron chi connectivity index (χ0n) is 15.5. The van der Waals surface area contributed by atoms with Crippen LogP contribution in [0.4, 0.5) is 0 Å². The number of pyridine rings is 1. The third-order valence-corrected chi connectivity index (χ3v) is 5.27. The first kappa shape index (κ1) is 19.6. The van der Waals surface area contributed by atoms with E-state index in [1.54, 1.807) is 0 Å². The van der Waals surface area contributed by atoms with Crippen molar-refractivity contribution < 1.29 is 9.84 Å². The molecule has 3 nitrogen and oxygen atoms in total. The second-order valence-corrected chi connectivity index (χ2v) is 7.88. The number of phenolic OH excluding ortho intramolecular Hbond substituents is 1. The summed E-state index contributed by atoms with van der Waals surface area (Å²) in [5.41, 5.74) is 1.87. The number of aryl methyl sites for hydroxylation is 1. The minimum Gasteiger partial charge on any atom is -0.507 e. The molecule has 0 unspecified atom stereocenters. The Hall–Kier alpha value is -1.68. The number of unbranched alkanes of at least 4 members (excludes halogenated alkanes) is 1. The highest BCUT2D eigenvalue weighted by molar-refractivity contribution is 7.99. The molecule has 0 saturated heterocycles. The Bertz CT molecular complexity index is 644. The van der Waals surface area contributed by atoms with Crippen molar-refractivity contribution in [1.82, 2.24) is 4.98 Å². The smallest absolute Gasteiger partial charge is 0.125 e. The van der Waals surface area contributed by atoms with Gasteiger partial charge in [-0.05, 0) is 68.0 Å². The first-order chi connectivity index (χ1) is 12.1. The summed E-state index contributed by atoms with van der Waals surface area (Å²) in [6.07, 6.45) is 7.76. The molecule has 0 atom stereocenters. The van der Waals surface area contributed by atoms with E-state index in [1.807, 2.05) is 55.3 Å². The molecule has 4 heteroatoms. The summed E-state index contributed by atoms with van der Waals surface area (Å²) in [4.78, 5) is 5.28. The number of phenols is 1. The van der Waals surface area contributed by atoms with E-state index in [1.165, 1.54) is 4.90 Å². The fourth-order valence-electron chi connectivity index (χ4n) is 2.55. The number of rotatable bonds is 10. The summed E-state index contributed by atoms with van der Waals surface area (Å²) in [6.45, 7) is 7.02. The third-order valence-electron chi connectivity index (χ3n) is 4.17. The maximum atomic E-state index is 10.4. The van der Waals surface area contributed by atoms with Gasteiger partial charge in [0.1, 0.15) is 11.5 Å². The van der Waals surface area contributed by atoms with Gasteiger partial charge in [0.15, 0.2) is 0 Å². The van der Waals surface area contributed by atoms with Crippen molar-refractivity contribution in [2.24, 2.45) is 5.92 Å². The number of hydrogen-bond donors (Lipinski definition) is 1. The number of nitrogens with zero attached hydrogens (tertiary/aromatic N) is 1. The molecule has 0 saturated carbocycles. The maximum absolute atomic E-state index is 10.4. The molecular weight excluding hydrogens is 330 g/mol. The topological polar surface area (TPSA) is 42.4 Å². The van der Waals surface area contributed by atoms with Gasteiger partial charge in [-0.25, -0.2) is 0 Å². The second kappa shape index (κ2) is 10.3. The number of ether oxygens (including phenoxy) is 1. The van der Waals surface area contributed by atoms with Crippen molar-refractivity contribution in [3.05, 3.63) is 47.8 Å². The number of aromatic nitrogens is 1. The Morgan fingerprint density at radius 1 is 1.12 bits per heavy atom. The van der Waals surface area contributed by atoms with Gasteiger partial charge in [-0.3, -0.25) is 4.98 Å². The van der Waals surface area contributed by atoms with Crippen LogP contribution in [0.25, 0.3) is 0 Å². The van der Waals surface area contributed by atoms with Gasteiger partial charge < -0.3 is 9.84 Å². The van der Waals surface area contributed by atoms with Crippen LogP contribution in [0.5, 0.6) is 11.5 Å². The standard InChI is InChI=1S/C21H29NO2S/c1-16(2)6-7-18-8-9-20(17(3)21(18)23)24-14-4-5-15-25-19-10-12-22-13-11-19/h8-13,16,23H,4-7,14-15H2,1-3H3. The van der Waals surface area contributed by atoms with Crippen molar-refractivity contribution >= 4 is 11.8 Å². The lowest BCUT2D eigenvalue weighted by Crippen LogP contribution is -2.01. The van der Waals surface area contributed by atoms with Gasteiger partial charge in [0, 0.05) is 22.9 Å². The molecule has 0 aliphatic rings. The SMILES string of the molecule is Cc1c(OCCCCSc2ccncc2)ccc(CCC(C)C)c1O. The summed E-state index contributed by atoms with van der Waals surface area (Å²) in [7, 11) is 0. The Kier molecular flexibility index (Phi) is 8.13. The van der Waals surface area contributed by atoms with Crippen molar-refractivity contribution in [3.8, 4) is 11.5 Å². The minimum absolute atomic E-state index is 0.395. The van der Waals surface area contributed by atoms with E-state index in [9.17, 15) is 5.11 Å². The van der Waals surface area contributed by atoms with E-state index in [0.717, 1.165) is 48.3 Å². The molecule has 136 valence electrons. The summed E-state index contributed by atoms with van der Waals surface area (Å²) < 4.78 is 5.87. The number of benzene rings is 1. The molecule has 2 aromatic rings. The van der Waals surface area contributed by atoms with Crippen molar-refractivity contribution in [2.45, 2.75) is 51.3 Å². The van der Waals surface area contributed by atoms with Crippen LogP contribution in [-0.2, 0) is 6.42 Å². The zero-order valence-corrected chi connectivity index (χ0v) is 16.3. The fraction of sp³-hybridized carbons (Fsp3) is 0.476. The van der Waals surface area contributed by atoms with Gasteiger partial charge in [0.05, 0.1) is 6.61 Å². The third kappa shape index (κ3) is 6.62. The van der Waals surface area contributed by atoms with E-state index < -0.39 is 0 Å². The van der Waals surface area contributed by atoms with E-state index in [2.05, 4.69) is 18.8 Å². The van der Waals surface area contributed by atoms with Crippen LogP contribution in [0.3, 0.4) is 0 Å². The lowest BCUT2D eigenvalue weighted by molar-refractivity contribution is 0.305. The molecule has 0 radical (unpaired) electrons. The highest BCUT2D eigenvalue weighted by atomic mass is 32.2. The van der Waals surface area contributed by atoms with Crippen LogP contribution in [0.1, 0.15) is 44.2 Å². The van der Waals surface area contributed by atoms with Crippen LogP contribution in [0.2, 0.25) is 0 Å². The van der Waals surface area contributed by atoms with Gasteiger partial charge in [-0.15, -0.1) is 11.8 Å². The van der Waals surface area contributed by atoms with Crippen LogP contribution in [0, 0.1) is 12.8 Å². The van der Waals surface area contributed by atoms with E-state index in [4.69, 9.17) is 4.74 Å². The molecule has 0 aliphatic carbocycles. The summed E-state index contributed by atoms with van der Waals surface area (Å²) in [6, 6.07) is 8.07. The average Bonchev–Trinajstić information content (AvgIpc) is 2.61. The normalized spacial score (nSPS) is 11.0. The first-order valence-corrected chi connectivity index (χ1v) is 10.0. The molecule has 25 heavy (non-hydrogen) atoms. The quantitative estimate of drug-likeness (QED) is 0.440. The van der Waals surface area contributed by atoms with E-state index in [0.29, 0.717) is 18.3 Å². The van der Waals surface area contributed by atoms with Crippen molar-refractivity contribution in [1.29, 1.82) is 0 Å². The van der Waals surface area contributed by atoms with Crippen LogP contribution in [0.15, 0.2) is 41.6 Å². The molecule has 1 heterocycles. The Labute approximate surface area is 155 Å². The Morgan fingerprint density at radius 2 is 1.88 bits per heavy atom. The van der Waals surface area contributed by atoms with Crippen LogP contribution >= 0.6 is 11.8 Å². The molecule has 0 bridgehead atoms.